The van der Waals surface area contributed by atoms with E-state index in [1.54, 1.807) is 10.9 Å². The molecule has 10 heteroatoms. The number of carbonyl (C=O) groups excluding carboxylic acids is 1. The van der Waals surface area contributed by atoms with Crippen LogP contribution in [0.1, 0.15) is 51.5 Å². The second kappa shape index (κ2) is 8.47. The molecule has 0 bridgehead atoms. The first-order valence-corrected chi connectivity index (χ1v) is 11.1. The summed E-state index contributed by atoms with van der Waals surface area (Å²) in [5, 5.41) is 18.9. The number of amides is 1. The van der Waals surface area contributed by atoms with E-state index >= 15 is 0 Å². The summed E-state index contributed by atoms with van der Waals surface area (Å²) in [6.07, 6.45) is 2.16. The zero-order chi connectivity index (χ0) is 22.2. The maximum absolute atomic E-state index is 13.4. The molecule has 1 aliphatic heterocycles. The summed E-state index contributed by atoms with van der Waals surface area (Å²) in [6.45, 7) is 7.87. The van der Waals surface area contributed by atoms with Crippen molar-refractivity contribution in [1.82, 2.24) is 25.2 Å². The Morgan fingerprint density at radius 1 is 1.26 bits per heavy atom. The highest BCUT2D eigenvalue weighted by molar-refractivity contribution is 8.00. The molecule has 2 unspecified atom stereocenters. The van der Waals surface area contributed by atoms with Gasteiger partial charge in [-0.2, -0.15) is 5.10 Å². The summed E-state index contributed by atoms with van der Waals surface area (Å²) < 4.78 is 7.34. The summed E-state index contributed by atoms with van der Waals surface area (Å²) in [5.41, 5.74) is 1.44. The molecule has 0 fully saturated rings. The zero-order valence-electron chi connectivity index (χ0n) is 17.7. The predicted octanol–water partition coefficient (Wildman–Crippen LogP) is 4.53. The number of furan rings is 1. The van der Waals surface area contributed by atoms with Crippen molar-refractivity contribution in [3.8, 4) is 0 Å². The van der Waals surface area contributed by atoms with E-state index in [2.05, 4.69) is 20.6 Å². The van der Waals surface area contributed by atoms with Crippen LogP contribution in [-0.4, -0.2) is 42.1 Å². The maximum Gasteiger partial charge on any atom is 0.256 e. The number of aromatic nitrogens is 4. The minimum Gasteiger partial charge on any atom is -0.467 e. The van der Waals surface area contributed by atoms with Gasteiger partial charge in [0.1, 0.15) is 11.8 Å². The van der Waals surface area contributed by atoms with E-state index in [-0.39, 0.29) is 17.5 Å². The molecular formula is C21H23ClN6O2S. The van der Waals surface area contributed by atoms with Crippen LogP contribution in [0.3, 0.4) is 0 Å². The van der Waals surface area contributed by atoms with Gasteiger partial charge in [0, 0.05) is 11.4 Å². The number of carbonyl (C=O) groups is 1. The van der Waals surface area contributed by atoms with Crippen LogP contribution in [0.15, 0.2) is 57.3 Å². The molecule has 0 aliphatic carbocycles. The number of nitrogens with zero attached hydrogens (tertiary/aromatic N) is 6. The summed E-state index contributed by atoms with van der Waals surface area (Å²) in [7, 11) is 0. The molecule has 162 valence electrons. The number of halogens is 1. The molecule has 2 atom stereocenters. The van der Waals surface area contributed by atoms with Crippen molar-refractivity contribution in [1.29, 1.82) is 0 Å². The molecule has 0 radical (unpaired) electrons. The average Bonchev–Trinajstić information content (AvgIpc) is 3.47. The minimum absolute atomic E-state index is 0.140. The van der Waals surface area contributed by atoms with Crippen molar-refractivity contribution < 1.29 is 9.21 Å². The maximum atomic E-state index is 13.4. The number of thioether (sulfide) groups is 1. The normalized spacial score (nSPS) is 17.6. The standard InChI is InChI=1S/C21H23ClN6O2S/c1-13(31-20-23-25-26-28(20)21(2,3)4)19(29)27-17(18-6-5-11-30-18)12-16(24-27)14-7-9-15(22)10-8-14/h5-11,13,17H,12H2,1-4H3. The SMILES string of the molecule is CC(Sc1nnnn1C(C)(C)C)C(=O)N1N=C(c2ccc(Cl)cc2)CC1c1ccco1. The topological polar surface area (TPSA) is 89.4 Å². The molecular weight excluding hydrogens is 436 g/mol. The first kappa shape index (κ1) is 21.6. The third kappa shape index (κ3) is 4.52. The smallest absolute Gasteiger partial charge is 0.256 e. The monoisotopic (exact) mass is 458 g/mol. The lowest BCUT2D eigenvalue weighted by molar-refractivity contribution is -0.132. The van der Waals surface area contributed by atoms with Gasteiger partial charge >= 0.3 is 0 Å². The Labute approximate surface area is 189 Å². The molecule has 2 aromatic heterocycles. The van der Waals surface area contributed by atoms with Crippen LogP contribution < -0.4 is 0 Å². The molecule has 8 nitrogen and oxygen atoms in total. The van der Waals surface area contributed by atoms with Crippen LogP contribution in [0.2, 0.25) is 5.02 Å². The molecule has 0 saturated carbocycles. The van der Waals surface area contributed by atoms with Gasteiger partial charge in [-0.05, 0) is 68.0 Å². The van der Waals surface area contributed by atoms with Gasteiger partial charge in [-0.15, -0.1) is 5.10 Å². The van der Waals surface area contributed by atoms with E-state index in [1.165, 1.54) is 16.8 Å². The molecule has 31 heavy (non-hydrogen) atoms. The Kier molecular flexibility index (Phi) is 5.90. The molecule has 3 heterocycles. The lowest BCUT2D eigenvalue weighted by Crippen LogP contribution is -2.33. The first-order valence-electron chi connectivity index (χ1n) is 9.89. The van der Waals surface area contributed by atoms with E-state index in [4.69, 9.17) is 16.0 Å². The number of tetrazole rings is 1. The van der Waals surface area contributed by atoms with Gasteiger partial charge < -0.3 is 4.42 Å². The zero-order valence-corrected chi connectivity index (χ0v) is 19.3. The Bertz CT molecular complexity index is 1090. The highest BCUT2D eigenvalue weighted by Crippen LogP contribution is 2.36. The average molecular weight is 459 g/mol. The lowest BCUT2D eigenvalue weighted by atomic mass is 10.0. The fourth-order valence-electron chi connectivity index (χ4n) is 3.30. The number of rotatable bonds is 5. The van der Waals surface area contributed by atoms with Crippen molar-refractivity contribution in [2.45, 2.75) is 56.1 Å². The lowest BCUT2D eigenvalue weighted by Gasteiger charge is -2.24. The fraction of sp³-hybridized carbons (Fsp3) is 0.381. The van der Waals surface area contributed by atoms with Crippen molar-refractivity contribution in [2.75, 3.05) is 0 Å². The van der Waals surface area contributed by atoms with Gasteiger partial charge in [0.2, 0.25) is 5.16 Å². The minimum atomic E-state index is -0.446. The highest BCUT2D eigenvalue weighted by atomic mass is 35.5. The fourth-order valence-corrected chi connectivity index (χ4v) is 4.45. The Balaban J connectivity index is 1.60. The van der Waals surface area contributed by atoms with E-state index in [9.17, 15) is 4.79 Å². The third-order valence-corrected chi connectivity index (χ3v) is 6.16. The number of benzene rings is 1. The molecule has 3 aromatic rings. The molecule has 4 rings (SSSR count). The molecule has 0 N–H and O–H groups in total. The summed E-state index contributed by atoms with van der Waals surface area (Å²) in [4.78, 5) is 13.4. The first-order chi connectivity index (χ1) is 14.7. The van der Waals surface area contributed by atoms with E-state index in [0.29, 0.717) is 22.4 Å². The van der Waals surface area contributed by atoms with Crippen molar-refractivity contribution in [3.63, 3.8) is 0 Å². The van der Waals surface area contributed by atoms with Crippen molar-refractivity contribution >= 4 is 35.0 Å². The van der Waals surface area contributed by atoms with E-state index in [0.717, 1.165) is 11.3 Å². The Morgan fingerprint density at radius 3 is 2.65 bits per heavy atom. The van der Waals surface area contributed by atoms with Gasteiger partial charge in [-0.1, -0.05) is 35.5 Å². The van der Waals surface area contributed by atoms with Gasteiger partial charge in [0.05, 0.1) is 22.8 Å². The summed E-state index contributed by atoms with van der Waals surface area (Å²) in [5.74, 6) is 0.552. The predicted molar refractivity (Wildman–Crippen MR) is 119 cm³/mol. The van der Waals surface area contributed by atoms with E-state index in [1.807, 2.05) is 64.1 Å². The van der Waals surface area contributed by atoms with E-state index < -0.39 is 5.25 Å². The second-order valence-corrected chi connectivity index (χ2v) is 10.0. The highest BCUT2D eigenvalue weighted by Gasteiger charge is 2.37. The van der Waals surface area contributed by atoms with Gasteiger partial charge in [-0.25, -0.2) is 9.69 Å². The summed E-state index contributed by atoms with van der Waals surface area (Å²) in [6, 6.07) is 10.8. The largest absolute Gasteiger partial charge is 0.467 e. The molecule has 1 aliphatic rings. The second-order valence-electron chi connectivity index (χ2n) is 8.28. The van der Waals surface area contributed by atoms with Crippen molar-refractivity contribution in [2.24, 2.45) is 5.10 Å². The Morgan fingerprint density at radius 2 is 2.00 bits per heavy atom. The van der Waals surface area contributed by atoms with Crippen LogP contribution >= 0.6 is 23.4 Å². The van der Waals surface area contributed by atoms with Crippen LogP contribution in [0.5, 0.6) is 0 Å². The number of hydrazone groups is 1. The van der Waals surface area contributed by atoms with Crippen LogP contribution in [0, 0.1) is 0 Å². The van der Waals surface area contributed by atoms with Crippen LogP contribution in [-0.2, 0) is 10.3 Å². The molecule has 1 amide bonds. The third-order valence-electron chi connectivity index (χ3n) is 4.89. The van der Waals surface area contributed by atoms with Gasteiger partial charge in [0.25, 0.3) is 5.91 Å². The Hall–Kier alpha value is -2.65. The molecule has 0 saturated heterocycles. The van der Waals surface area contributed by atoms with Crippen LogP contribution in [0.25, 0.3) is 0 Å². The number of hydrogen-bond donors (Lipinski definition) is 0. The van der Waals surface area contributed by atoms with Crippen LogP contribution in [0.4, 0.5) is 0 Å². The van der Waals surface area contributed by atoms with Gasteiger partial charge in [0.15, 0.2) is 0 Å². The van der Waals surface area contributed by atoms with Crippen molar-refractivity contribution in [3.05, 3.63) is 59.0 Å². The van der Waals surface area contributed by atoms with Gasteiger partial charge in [-0.3, -0.25) is 4.79 Å². The summed E-state index contributed by atoms with van der Waals surface area (Å²) >= 11 is 7.34. The number of hydrogen-bond acceptors (Lipinski definition) is 7. The molecule has 1 aromatic carbocycles. The quantitative estimate of drug-likeness (QED) is 0.521. The molecule has 0 spiro atoms.